The molecule has 1 aliphatic heterocycles. The number of ether oxygens (including phenoxy) is 2. The molecule has 35 heavy (non-hydrogen) atoms. The van der Waals surface area contributed by atoms with Crippen molar-refractivity contribution < 1.29 is 32.2 Å². The molecule has 0 spiro atoms. The third-order valence-electron chi connectivity index (χ3n) is 6.40. The Morgan fingerprint density at radius 1 is 0.914 bits per heavy atom. The second-order valence-electron chi connectivity index (χ2n) is 8.62. The van der Waals surface area contributed by atoms with Crippen LogP contribution in [0.3, 0.4) is 0 Å². The predicted molar refractivity (Wildman–Crippen MR) is 124 cm³/mol. The molecule has 0 radical (unpaired) electrons. The number of hydrogen-bond acceptors (Lipinski definition) is 4. The van der Waals surface area contributed by atoms with E-state index in [4.69, 9.17) is 9.47 Å². The van der Waals surface area contributed by atoms with E-state index in [1.54, 1.807) is 72.8 Å². The summed E-state index contributed by atoms with van der Waals surface area (Å²) >= 11 is 0. The van der Waals surface area contributed by atoms with Crippen molar-refractivity contribution in [3.8, 4) is 0 Å². The lowest BCUT2D eigenvalue weighted by Gasteiger charge is -2.26. The fourth-order valence-electron chi connectivity index (χ4n) is 4.71. The minimum atomic E-state index is -4.87. The van der Waals surface area contributed by atoms with Crippen LogP contribution in [0.5, 0.6) is 0 Å². The fourth-order valence-corrected chi connectivity index (χ4v) is 4.71. The molecule has 0 aromatic heterocycles. The molecule has 0 bridgehead atoms. The van der Waals surface area contributed by atoms with E-state index < -0.39 is 36.1 Å². The molecule has 178 valence electrons. The Morgan fingerprint density at radius 3 is 2.09 bits per heavy atom. The largest absolute Gasteiger partial charge is 0.464 e. The quantitative estimate of drug-likeness (QED) is 0.254. The first kappa shape index (κ1) is 22.9. The van der Waals surface area contributed by atoms with Gasteiger partial charge in [-0.05, 0) is 39.6 Å². The van der Waals surface area contributed by atoms with E-state index in [9.17, 15) is 22.8 Å². The minimum absolute atomic E-state index is 0.121. The van der Waals surface area contributed by atoms with E-state index in [0.717, 1.165) is 5.56 Å². The van der Waals surface area contributed by atoms with Crippen molar-refractivity contribution in [1.82, 2.24) is 0 Å². The van der Waals surface area contributed by atoms with Gasteiger partial charge >= 0.3 is 18.1 Å². The second kappa shape index (κ2) is 9.06. The first-order valence-electron chi connectivity index (χ1n) is 11.2. The van der Waals surface area contributed by atoms with Gasteiger partial charge in [0.15, 0.2) is 0 Å². The zero-order valence-electron chi connectivity index (χ0n) is 18.5. The van der Waals surface area contributed by atoms with Crippen LogP contribution in [0, 0.1) is 11.8 Å². The summed E-state index contributed by atoms with van der Waals surface area (Å²) < 4.78 is 53.6. The maximum Gasteiger partial charge on any atom is 0.429 e. The number of alkyl halides is 3. The highest BCUT2D eigenvalue weighted by Crippen LogP contribution is 2.44. The second-order valence-corrected chi connectivity index (χ2v) is 8.62. The van der Waals surface area contributed by atoms with Crippen molar-refractivity contribution in [2.24, 2.45) is 11.8 Å². The third-order valence-corrected chi connectivity index (χ3v) is 6.40. The fraction of sp³-hybridized carbons (Fsp3) is 0.214. The molecule has 0 aliphatic carbocycles. The van der Waals surface area contributed by atoms with Gasteiger partial charge in [-0.15, -0.1) is 0 Å². The number of carbonyl (C=O) groups excluding carboxylic acids is 2. The van der Waals surface area contributed by atoms with Crippen LogP contribution in [0.1, 0.15) is 17.2 Å². The number of rotatable bonds is 5. The van der Waals surface area contributed by atoms with Gasteiger partial charge in [0, 0.05) is 5.56 Å². The molecule has 5 rings (SSSR count). The van der Waals surface area contributed by atoms with Crippen LogP contribution in [0.15, 0.2) is 84.9 Å². The van der Waals surface area contributed by atoms with E-state index in [2.05, 4.69) is 0 Å². The Labute approximate surface area is 199 Å². The minimum Gasteiger partial charge on any atom is -0.464 e. The highest BCUT2D eigenvalue weighted by Gasteiger charge is 2.49. The van der Waals surface area contributed by atoms with E-state index in [1.807, 2.05) is 12.1 Å². The molecule has 4 aromatic rings. The zero-order valence-corrected chi connectivity index (χ0v) is 18.5. The first-order valence-corrected chi connectivity index (χ1v) is 11.2. The Bertz CT molecular complexity index is 1340. The summed E-state index contributed by atoms with van der Waals surface area (Å²) in [6.07, 6.45) is -7.20. The smallest absolute Gasteiger partial charge is 0.429 e. The molecule has 1 heterocycles. The van der Waals surface area contributed by atoms with Gasteiger partial charge in [0.25, 0.3) is 0 Å². The number of esters is 2. The van der Waals surface area contributed by atoms with E-state index >= 15 is 0 Å². The number of cyclic esters (lactones) is 1. The highest BCUT2D eigenvalue weighted by molar-refractivity contribution is 6.03. The predicted octanol–water partition coefficient (Wildman–Crippen LogP) is 6.17. The molecule has 1 fully saturated rings. The standard InChI is InChI=1S/C28H21F3O4/c29-28(30,31)25(24-20-12-6-4-10-18(20)15-19-11-5-7-13-21(19)24)35-27(33)23-16-34-26(32)22(23)14-17-8-2-1-3-9-17/h1-13,15,22-23,25H,14,16H2/t22-,23+,25+/m0/s1. The molecule has 4 aromatic carbocycles. The van der Waals surface area contributed by atoms with Crippen LogP contribution >= 0.6 is 0 Å². The van der Waals surface area contributed by atoms with Gasteiger partial charge in [-0.2, -0.15) is 13.2 Å². The monoisotopic (exact) mass is 478 g/mol. The molecular formula is C28H21F3O4. The summed E-state index contributed by atoms with van der Waals surface area (Å²) in [4.78, 5) is 25.5. The summed E-state index contributed by atoms with van der Waals surface area (Å²) in [6, 6.07) is 24.2. The number of halogens is 3. The van der Waals surface area contributed by atoms with Gasteiger partial charge in [0.05, 0.1) is 5.92 Å². The van der Waals surface area contributed by atoms with E-state index in [1.165, 1.54) is 0 Å². The summed E-state index contributed by atoms with van der Waals surface area (Å²) in [5.41, 5.74) is 0.658. The first-order chi connectivity index (χ1) is 16.8. The third kappa shape index (κ3) is 4.46. The summed E-state index contributed by atoms with van der Waals surface area (Å²) in [6.45, 7) is -0.309. The molecule has 3 atom stereocenters. The van der Waals surface area contributed by atoms with Crippen molar-refractivity contribution >= 4 is 33.5 Å². The van der Waals surface area contributed by atoms with Gasteiger partial charge in [0.1, 0.15) is 12.5 Å². The normalized spacial score (nSPS) is 19.0. The van der Waals surface area contributed by atoms with Gasteiger partial charge < -0.3 is 9.47 Å². The Kier molecular flexibility index (Phi) is 5.93. The molecule has 0 N–H and O–H groups in total. The van der Waals surface area contributed by atoms with Crippen molar-refractivity contribution in [3.63, 3.8) is 0 Å². The van der Waals surface area contributed by atoms with Gasteiger partial charge in [-0.3, -0.25) is 9.59 Å². The number of benzene rings is 4. The molecule has 7 heteroatoms. The summed E-state index contributed by atoms with van der Waals surface area (Å²) in [5.74, 6) is -3.76. The van der Waals surface area contributed by atoms with Crippen LogP contribution < -0.4 is 0 Å². The lowest BCUT2D eigenvalue weighted by atomic mass is 9.89. The summed E-state index contributed by atoms with van der Waals surface area (Å²) in [7, 11) is 0. The molecule has 0 saturated carbocycles. The molecule has 4 nitrogen and oxygen atoms in total. The Morgan fingerprint density at radius 2 is 1.49 bits per heavy atom. The lowest BCUT2D eigenvalue weighted by Crippen LogP contribution is -2.33. The SMILES string of the molecule is O=C1OC[C@@H](C(=O)O[C@H](c2c3ccccc3cc3ccccc23)C(F)(F)F)[C@@H]1Cc1ccccc1. The number of fused-ring (bicyclic) bond motifs is 2. The average molecular weight is 478 g/mol. The molecule has 1 aliphatic rings. The van der Waals surface area contributed by atoms with Gasteiger partial charge in [0.2, 0.25) is 6.10 Å². The maximum atomic E-state index is 14.5. The van der Waals surface area contributed by atoms with Crippen LogP contribution in [-0.2, 0) is 25.5 Å². The molecule has 0 unspecified atom stereocenters. The van der Waals surface area contributed by atoms with E-state index in [0.29, 0.717) is 21.5 Å². The summed E-state index contributed by atoms with van der Waals surface area (Å²) in [5, 5.41) is 1.91. The zero-order chi connectivity index (χ0) is 24.6. The van der Waals surface area contributed by atoms with Crippen LogP contribution in [0.4, 0.5) is 13.2 Å². The lowest BCUT2D eigenvalue weighted by molar-refractivity contribution is -0.226. The highest BCUT2D eigenvalue weighted by atomic mass is 19.4. The van der Waals surface area contributed by atoms with E-state index in [-0.39, 0.29) is 18.6 Å². The van der Waals surface area contributed by atoms with Gasteiger partial charge in [-0.1, -0.05) is 78.9 Å². The van der Waals surface area contributed by atoms with Crippen LogP contribution in [0.2, 0.25) is 0 Å². The van der Waals surface area contributed by atoms with Crippen molar-refractivity contribution in [2.45, 2.75) is 18.7 Å². The van der Waals surface area contributed by atoms with Crippen molar-refractivity contribution in [1.29, 1.82) is 0 Å². The van der Waals surface area contributed by atoms with Crippen molar-refractivity contribution in [2.75, 3.05) is 6.61 Å². The topological polar surface area (TPSA) is 52.6 Å². The molecule has 0 amide bonds. The number of hydrogen-bond donors (Lipinski definition) is 0. The number of carbonyl (C=O) groups is 2. The van der Waals surface area contributed by atoms with Crippen LogP contribution in [-0.4, -0.2) is 24.7 Å². The Hall–Kier alpha value is -3.87. The van der Waals surface area contributed by atoms with Crippen LogP contribution in [0.25, 0.3) is 21.5 Å². The maximum absolute atomic E-state index is 14.5. The average Bonchev–Trinajstić information content (AvgIpc) is 3.21. The molecule has 1 saturated heterocycles. The Balaban J connectivity index is 1.54. The van der Waals surface area contributed by atoms with Gasteiger partial charge in [-0.25, -0.2) is 0 Å². The molecular weight excluding hydrogens is 457 g/mol. The van der Waals surface area contributed by atoms with Crippen molar-refractivity contribution in [3.05, 3.63) is 96.1 Å².